The van der Waals surface area contributed by atoms with Crippen LogP contribution in [-0.4, -0.2) is 66.6 Å². The smallest absolute Gasteiger partial charge is 0.423 e. The number of carbonyl (C=O) groups excluding carboxylic acids is 2. The van der Waals surface area contributed by atoms with Gasteiger partial charge in [-0.15, -0.1) is 11.3 Å². The first-order chi connectivity index (χ1) is 17.8. The monoisotopic (exact) mass is 558 g/mol. The van der Waals surface area contributed by atoms with Crippen LogP contribution in [0.1, 0.15) is 45.4 Å². The number of piperazine rings is 1. The van der Waals surface area contributed by atoms with E-state index in [4.69, 9.17) is 14.5 Å². The fraction of sp³-hybridized carbons (Fsp3) is 0.536. The number of hydrogen-bond acceptors (Lipinski definition) is 9. The zero-order chi connectivity index (χ0) is 27.7. The molecule has 8 nitrogen and oxygen atoms in total. The minimum atomic E-state index is -0.609. The third-order valence-electron chi connectivity index (χ3n) is 6.55. The number of likely N-dealkylation sites (N-methyl/N-ethyl adjacent to an activating group) is 1. The van der Waals surface area contributed by atoms with Crippen molar-refractivity contribution < 1.29 is 19.1 Å². The quantitative estimate of drug-likeness (QED) is 0.311. The van der Waals surface area contributed by atoms with Crippen LogP contribution in [0.5, 0.6) is 0 Å². The number of esters is 1. The molecule has 0 radical (unpaired) electrons. The van der Waals surface area contributed by atoms with E-state index in [-0.39, 0.29) is 16.6 Å². The second-order valence-electron chi connectivity index (χ2n) is 11.5. The lowest BCUT2D eigenvalue weighted by molar-refractivity contribution is -0.154. The Labute approximate surface area is 234 Å². The van der Waals surface area contributed by atoms with Gasteiger partial charge in [0.25, 0.3) is 0 Å². The summed E-state index contributed by atoms with van der Waals surface area (Å²) in [6.07, 6.45) is 0.329. The highest BCUT2D eigenvalue weighted by molar-refractivity contribution is 7.81. The van der Waals surface area contributed by atoms with E-state index in [1.165, 1.54) is 0 Å². The maximum Gasteiger partial charge on any atom is 0.423 e. The predicted octanol–water partition coefficient (Wildman–Crippen LogP) is 4.29. The normalized spacial score (nSPS) is 16.3. The lowest BCUT2D eigenvalue weighted by Gasteiger charge is -2.38. The molecule has 4 rings (SSSR count). The van der Waals surface area contributed by atoms with Crippen LogP contribution in [0.25, 0.3) is 5.82 Å². The number of hydrogen-bond donors (Lipinski definition) is 1. The first-order valence-corrected chi connectivity index (χ1v) is 14.2. The number of rotatable bonds is 7. The van der Waals surface area contributed by atoms with Gasteiger partial charge < -0.3 is 19.3 Å². The minimum Gasteiger partial charge on any atom is -0.428 e. The largest absolute Gasteiger partial charge is 0.428 e. The van der Waals surface area contributed by atoms with Crippen LogP contribution in [0, 0.1) is 12.3 Å². The second kappa shape index (κ2) is 11.3. The van der Waals surface area contributed by atoms with E-state index in [1.807, 2.05) is 58.9 Å². The number of nitrogens with zero attached hydrogens (tertiary/aromatic N) is 4. The van der Waals surface area contributed by atoms with Crippen LogP contribution in [0.3, 0.4) is 0 Å². The van der Waals surface area contributed by atoms with E-state index < -0.39 is 18.9 Å². The van der Waals surface area contributed by atoms with Gasteiger partial charge in [-0.2, -0.15) is 12.6 Å². The molecule has 2 aromatic rings. The Hall–Kier alpha value is -2.56. The van der Waals surface area contributed by atoms with Crippen LogP contribution in [0.4, 0.5) is 16.2 Å². The zero-order valence-corrected chi connectivity index (χ0v) is 24.8. The van der Waals surface area contributed by atoms with Crippen molar-refractivity contribution in [2.75, 3.05) is 44.9 Å². The van der Waals surface area contributed by atoms with E-state index in [0.717, 1.165) is 53.2 Å². The number of thiol groups is 1. The molecule has 0 saturated carbocycles. The van der Waals surface area contributed by atoms with E-state index in [9.17, 15) is 9.59 Å². The average Bonchev–Trinajstić information content (AvgIpc) is 3.09. The van der Waals surface area contributed by atoms with Gasteiger partial charge in [0.2, 0.25) is 6.79 Å². The second-order valence-corrected chi connectivity index (χ2v) is 13.9. The molecular formula is C28H38N4O4S2. The molecule has 2 aliphatic heterocycles. The first-order valence-electron chi connectivity index (χ1n) is 12.9. The molecule has 0 aliphatic carbocycles. The van der Waals surface area contributed by atoms with Crippen LogP contribution in [0.2, 0.25) is 0 Å². The van der Waals surface area contributed by atoms with Gasteiger partial charge in [-0.05, 0) is 44.0 Å². The number of fused-ring (bicyclic) bond motifs is 2. The van der Waals surface area contributed by atoms with Gasteiger partial charge >= 0.3 is 12.1 Å². The Balaban J connectivity index is 1.59. The highest BCUT2D eigenvalue weighted by atomic mass is 32.1. The molecule has 0 bridgehead atoms. The summed E-state index contributed by atoms with van der Waals surface area (Å²) in [5.74, 6) is 0.338. The van der Waals surface area contributed by atoms with Gasteiger partial charge in [0.15, 0.2) is 0 Å². The summed E-state index contributed by atoms with van der Waals surface area (Å²) < 4.78 is 11.6. The van der Waals surface area contributed by atoms with Crippen molar-refractivity contribution >= 4 is 53.2 Å². The molecule has 1 aromatic heterocycles. The number of ether oxygens (including phenoxy) is 2. The van der Waals surface area contributed by atoms with Crippen molar-refractivity contribution in [3.63, 3.8) is 0 Å². The Morgan fingerprint density at radius 1 is 1.08 bits per heavy atom. The Bertz CT molecular complexity index is 1310. The molecule has 10 heteroatoms. The molecule has 2 aliphatic rings. The molecule has 0 atom stereocenters. The molecule has 0 N–H and O–H groups in total. The topological polar surface area (TPSA) is 74.7 Å². The van der Waals surface area contributed by atoms with Crippen molar-refractivity contribution in [2.45, 2.75) is 52.2 Å². The van der Waals surface area contributed by atoms with Gasteiger partial charge in [0.05, 0.1) is 23.0 Å². The van der Waals surface area contributed by atoms with Crippen molar-refractivity contribution in [3.8, 4) is 0 Å². The summed E-state index contributed by atoms with van der Waals surface area (Å²) >= 11 is 6.20. The average molecular weight is 559 g/mol. The third-order valence-corrected chi connectivity index (χ3v) is 7.66. The van der Waals surface area contributed by atoms with Gasteiger partial charge in [-0.25, -0.2) is 14.7 Å². The lowest BCUT2D eigenvalue weighted by atomic mass is 9.81. The number of anilines is 1. The molecular weight excluding hydrogens is 520 g/mol. The Morgan fingerprint density at radius 2 is 1.76 bits per heavy atom. The summed E-state index contributed by atoms with van der Waals surface area (Å²) in [6, 6.07) is 9.63. The van der Waals surface area contributed by atoms with Crippen molar-refractivity contribution in [1.82, 2.24) is 9.80 Å². The number of aryl methyl sites for hydroxylation is 1. The molecule has 0 spiro atoms. The molecule has 0 unspecified atom stereocenters. The van der Waals surface area contributed by atoms with Gasteiger partial charge in [-0.3, -0.25) is 4.79 Å². The van der Waals surface area contributed by atoms with Crippen LogP contribution >= 0.6 is 24.0 Å². The fourth-order valence-electron chi connectivity index (χ4n) is 5.24. The molecule has 206 valence electrons. The molecule has 38 heavy (non-hydrogen) atoms. The van der Waals surface area contributed by atoms with E-state index in [0.29, 0.717) is 11.4 Å². The minimum absolute atomic E-state index is 0.205. The number of para-hydroxylation sites is 2. The van der Waals surface area contributed by atoms with Crippen molar-refractivity contribution in [1.29, 1.82) is 0 Å². The maximum atomic E-state index is 13.7. The summed E-state index contributed by atoms with van der Waals surface area (Å²) in [5.41, 5.74) is 1.02. The van der Waals surface area contributed by atoms with Crippen molar-refractivity contribution in [2.24, 2.45) is 10.4 Å². The maximum absolute atomic E-state index is 13.7. The Morgan fingerprint density at radius 3 is 2.45 bits per heavy atom. The summed E-state index contributed by atoms with van der Waals surface area (Å²) in [5, 5.41) is 0.901. The van der Waals surface area contributed by atoms with Gasteiger partial charge in [-0.1, -0.05) is 39.8 Å². The van der Waals surface area contributed by atoms with E-state index in [1.54, 1.807) is 16.2 Å². The fourth-order valence-corrected chi connectivity index (χ4v) is 6.55. The molecule has 1 saturated heterocycles. The summed E-state index contributed by atoms with van der Waals surface area (Å²) in [6.45, 7) is 12.9. The highest BCUT2D eigenvalue weighted by Crippen LogP contribution is 2.36. The van der Waals surface area contributed by atoms with Crippen molar-refractivity contribution in [3.05, 3.63) is 45.1 Å². The number of carbonyl (C=O) groups is 2. The first kappa shape index (κ1) is 28.4. The number of amides is 1. The number of thiophene rings is 1. The number of benzene rings is 1. The highest BCUT2D eigenvalue weighted by Gasteiger charge is 2.33. The predicted molar refractivity (Wildman–Crippen MR) is 154 cm³/mol. The lowest BCUT2D eigenvalue weighted by Crippen LogP contribution is -2.51. The molecule has 1 fully saturated rings. The molecule has 1 amide bonds. The zero-order valence-electron chi connectivity index (χ0n) is 23.1. The van der Waals surface area contributed by atoms with Crippen LogP contribution in [-0.2, 0) is 14.3 Å². The Kier molecular flexibility index (Phi) is 8.44. The van der Waals surface area contributed by atoms with Crippen LogP contribution < -0.4 is 14.8 Å². The standard InChI is InChI=1S/C28H38N4O4S2/c1-19-15-20-24(38-19)29-21-9-7-8-10-22(21)32(25(20)31-13-11-30(6)12-14-31)26(34)36-18-35-23(33)16-27(2,3)17-28(4,5)37/h7-10,15,37H,11-14,16-18H2,1-6H3. The van der Waals surface area contributed by atoms with E-state index >= 15 is 0 Å². The summed E-state index contributed by atoms with van der Waals surface area (Å²) in [4.78, 5) is 38.4. The SMILES string of the molecule is Cc1cc2c(s1)=Nc1ccccc1N(C(=O)OCOC(=O)CC(C)(C)CC(C)(C)S)C=2N1CCN(C)CC1. The van der Waals surface area contributed by atoms with Gasteiger partial charge in [0.1, 0.15) is 10.5 Å². The molecule has 1 aromatic carbocycles. The van der Waals surface area contributed by atoms with E-state index in [2.05, 4.69) is 35.5 Å². The third kappa shape index (κ3) is 6.90. The summed E-state index contributed by atoms with van der Waals surface area (Å²) in [7, 11) is 2.10. The van der Waals surface area contributed by atoms with Gasteiger partial charge in [0, 0.05) is 35.8 Å². The van der Waals surface area contributed by atoms with Crippen LogP contribution in [0.15, 0.2) is 35.3 Å². The molecule has 3 heterocycles.